The molecule has 1 unspecified atom stereocenters. The van der Waals surface area contributed by atoms with Crippen molar-refractivity contribution < 1.29 is 0 Å². The van der Waals surface area contributed by atoms with Gasteiger partial charge in [0.15, 0.2) is 0 Å². The number of hydrogen-bond donors (Lipinski definition) is 1. The van der Waals surface area contributed by atoms with E-state index in [-0.39, 0.29) is 0 Å². The highest BCUT2D eigenvalue weighted by atomic mass is 15.1. The molecule has 1 saturated heterocycles. The van der Waals surface area contributed by atoms with Crippen LogP contribution in [0.5, 0.6) is 0 Å². The minimum atomic E-state index is 0.788. The Labute approximate surface area is 89.1 Å². The molecule has 0 bridgehead atoms. The van der Waals surface area contributed by atoms with E-state index in [1.165, 1.54) is 45.2 Å². The highest BCUT2D eigenvalue weighted by molar-refractivity contribution is 4.76. The average Bonchev–Trinajstić information content (AvgIpc) is 2.69. The number of nitrogens with one attached hydrogen (secondary N) is 1. The fourth-order valence-corrected chi connectivity index (χ4v) is 2.46. The van der Waals surface area contributed by atoms with Crippen LogP contribution in [0.4, 0.5) is 0 Å². The van der Waals surface area contributed by atoms with Gasteiger partial charge in [-0.3, -0.25) is 0 Å². The van der Waals surface area contributed by atoms with Crippen LogP contribution in [0.25, 0.3) is 0 Å². The molecule has 0 aromatic carbocycles. The van der Waals surface area contributed by atoms with Crippen LogP contribution in [0, 0.1) is 0 Å². The maximum absolute atomic E-state index is 3.56. The monoisotopic (exact) mass is 198 g/mol. The van der Waals surface area contributed by atoms with E-state index in [2.05, 4.69) is 31.1 Å². The van der Waals surface area contributed by atoms with E-state index in [1.54, 1.807) is 0 Å². The van der Waals surface area contributed by atoms with Gasteiger partial charge in [-0.25, -0.2) is 0 Å². The second kappa shape index (κ2) is 6.41. The van der Waals surface area contributed by atoms with Crippen molar-refractivity contribution >= 4 is 0 Å². The van der Waals surface area contributed by atoms with Gasteiger partial charge in [0, 0.05) is 12.1 Å². The molecule has 2 nitrogen and oxygen atoms in total. The van der Waals surface area contributed by atoms with Crippen molar-refractivity contribution in [2.45, 2.75) is 58.0 Å². The second-order valence-electron chi connectivity index (χ2n) is 4.53. The van der Waals surface area contributed by atoms with Gasteiger partial charge in [0.2, 0.25) is 0 Å². The van der Waals surface area contributed by atoms with Gasteiger partial charge in [-0.1, -0.05) is 13.8 Å². The van der Waals surface area contributed by atoms with E-state index in [0.29, 0.717) is 0 Å². The molecule has 1 heterocycles. The van der Waals surface area contributed by atoms with E-state index < -0.39 is 0 Å². The standard InChI is InChI=1S/C12H26N2/c1-4-12(5-2)14(3)10-8-11-7-6-9-13-11/h11-13H,4-10H2,1-3H3. The van der Waals surface area contributed by atoms with Crippen molar-refractivity contribution in [3.8, 4) is 0 Å². The van der Waals surface area contributed by atoms with E-state index in [4.69, 9.17) is 0 Å². The zero-order valence-electron chi connectivity index (χ0n) is 10.1. The third-order valence-corrected chi connectivity index (χ3v) is 3.56. The molecule has 0 aromatic heterocycles. The summed E-state index contributed by atoms with van der Waals surface area (Å²) in [5.41, 5.74) is 0. The molecule has 0 amide bonds. The van der Waals surface area contributed by atoms with Crippen molar-refractivity contribution in [2.75, 3.05) is 20.1 Å². The first kappa shape index (κ1) is 12.0. The summed E-state index contributed by atoms with van der Waals surface area (Å²) in [5, 5.41) is 3.56. The van der Waals surface area contributed by atoms with Gasteiger partial charge in [-0.05, 0) is 52.2 Å². The Balaban J connectivity index is 2.15. The molecular formula is C12H26N2. The molecule has 1 rings (SSSR count). The first-order chi connectivity index (χ1) is 6.77. The van der Waals surface area contributed by atoms with E-state index in [1.807, 2.05) is 0 Å². The van der Waals surface area contributed by atoms with E-state index >= 15 is 0 Å². The van der Waals surface area contributed by atoms with E-state index in [9.17, 15) is 0 Å². The Hall–Kier alpha value is -0.0800. The van der Waals surface area contributed by atoms with Gasteiger partial charge in [0.25, 0.3) is 0 Å². The molecule has 0 saturated carbocycles. The normalized spacial score (nSPS) is 22.5. The molecule has 1 aliphatic heterocycles. The molecule has 0 radical (unpaired) electrons. The SMILES string of the molecule is CCC(CC)N(C)CCC1CCCN1. The largest absolute Gasteiger partial charge is 0.314 e. The minimum absolute atomic E-state index is 0.788. The Morgan fingerprint density at radius 3 is 2.57 bits per heavy atom. The number of nitrogens with zero attached hydrogens (tertiary/aromatic N) is 1. The molecule has 14 heavy (non-hydrogen) atoms. The van der Waals surface area contributed by atoms with Crippen LogP contribution in [0.1, 0.15) is 46.0 Å². The summed E-state index contributed by atoms with van der Waals surface area (Å²) in [4.78, 5) is 2.53. The van der Waals surface area contributed by atoms with Crippen LogP contribution < -0.4 is 5.32 Å². The van der Waals surface area contributed by atoms with Crippen LogP contribution in [0.2, 0.25) is 0 Å². The highest BCUT2D eigenvalue weighted by Crippen LogP contribution is 2.12. The minimum Gasteiger partial charge on any atom is -0.314 e. The zero-order valence-corrected chi connectivity index (χ0v) is 10.1. The van der Waals surface area contributed by atoms with Crippen LogP contribution >= 0.6 is 0 Å². The molecule has 2 heteroatoms. The van der Waals surface area contributed by atoms with Crippen LogP contribution in [0.15, 0.2) is 0 Å². The quantitative estimate of drug-likeness (QED) is 0.704. The smallest absolute Gasteiger partial charge is 0.00869 e. The fourth-order valence-electron chi connectivity index (χ4n) is 2.46. The van der Waals surface area contributed by atoms with Gasteiger partial charge in [-0.2, -0.15) is 0 Å². The van der Waals surface area contributed by atoms with Gasteiger partial charge < -0.3 is 10.2 Å². The first-order valence-electron chi connectivity index (χ1n) is 6.21. The first-order valence-corrected chi connectivity index (χ1v) is 6.21. The molecule has 1 fully saturated rings. The number of hydrogen-bond acceptors (Lipinski definition) is 2. The molecule has 1 aliphatic rings. The summed E-state index contributed by atoms with van der Waals surface area (Å²) in [6, 6.07) is 1.59. The topological polar surface area (TPSA) is 15.3 Å². The molecule has 1 N–H and O–H groups in total. The van der Waals surface area contributed by atoms with Gasteiger partial charge in [-0.15, -0.1) is 0 Å². The van der Waals surface area contributed by atoms with Gasteiger partial charge >= 0.3 is 0 Å². The highest BCUT2D eigenvalue weighted by Gasteiger charge is 2.16. The second-order valence-corrected chi connectivity index (χ2v) is 4.53. The molecule has 84 valence electrons. The molecule has 0 aliphatic carbocycles. The fraction of sp³-hybridized carbons (Fsp3) is 1.00. The average molecular weight is 198 g/mol. The summed E-state index contributed by atoms with van der Waals surface area (Å²) < 4.78 is 0. The van der Waals surface area contributed by atoms with E-state index in [0.717, 1.165) is 12.1 Å². The van der Waals surface area contributed by atoms with Gasteiger partial charge in [0.05, 0.1) is 0 Å². The zero-order chi connectivity index (χ0) is 10.4. The lowest BCUT2D eigenvalue weighted by molar-refractivity contribution is 0.220. The maximum Gasteiger partial charge on any atom is 0.00869 e. The lowest BCUT2D eigenvalue weighted by atomic mass is 10.1. The predicted molar refractivity (Wildman–Crippen MR) is 62.6 cm³/mol. The summed E-state index contributed by atoms with van der Waals surface area (Å²) in [6.45, 7) is 7.07. The summed E-state index contributed by atoms with van der Waals surface area (Å²) in [6.07, 6.45) is 6.65. The van der Waals surface area contributed by atoms with Crippen LogP contribution in [0.3, 0.4) is 0 Å². The van der Waals surface area contributed by atoms with Gasteiger partial charge in [0.1, 0.15) is 0 Å². The Morgan fingerprint density at radius 2 is 2.07 bits per heavy atom. The summed E-state index contributed by atoms with van der Waals surface area (Å²) in [5.74, 6) is 0. The van der Waals surface area contributed by atoms with Crippen molar-refractivity contribution in [1.82, 2.24) is 10.2 Å². The lowest BCUT2D eigenvalue weighted by Gasteiger charge is -2.27. The van der Waals surface area contributed by atoms with Crippen molar-refractivity contribution in [3.05, 3.63) is 0 Å². The third kappa shape index (κ3) is 3.58. The molecule has 0 spiro atoms. The predicted octanol–water partition coefficient (Wildman–Crippen LogP) is 2.25. The van der Waals surface area contributed by atoms with Crippen LogP contribution in [-0.4, -0.2) is 37.1 Å². The molecule has 1 atom stereocenters. The van der Waals surface area contributed by atoms with Crippen molar-refractivity contribution in [2.24, 2.45) is 0 Å². The summed E-state index contributed by atoms with van der Waals surface area (Å²) in [7, 11) is 2.27. The maximum atomic E-state index is 3.56. The Bertz CT molecular complexity index is 137. The number of rotatable bonds is 6. The molecule has 0 aromatic rings. The summed E-state index contributed by atoms with van der Waals surface area (Å²) >= 11 is 0. The Morgan fingerprint density at radius 1 is 1.36 bits per heavy atom. The Kier molecular flexibility index (Phi) is 5.49. The van der Waals surface area contributed by atoms with Crippen LogP contribution in [-0.2, 0) is 0 Å². The molecular weight excluding hydrogens is 172 g/mol. The lowest BCUT2D eigenvalue weighted by Crippen LogP contribution is -2.34. The van der Waals surface area contributed by atoms with Crippen molar-refractivity contribution in [3.63, 3.8) is 0 Å². The third-order valence-electron chi connectivity index (χ3n) is 3.56. The van der Waals surface area contributed by atoms with Crippen molar-refractivity contribution in [1.29, 1.82) is 0 Å².